The van der Waals surface area contributed by atoms with E-state index in [0.717, 1.165) is 29.5 Å². The van der Waals surface area contributed by atoms with Crippen LogP contribution in [0.2, 0.25) is 5.02 Å². The first kappa shape index (κ1) is 34.0. The van der Waals surface area contributed by atoms with Crippen molar-refractivity contribution in [1.82, 2.24) is 5.32 Å². The smallest absolute Gasteiger partial charge is 0.409 e. The summed E-state index contributed by atoms with van der Waals surface area (Å²) in [5.41, 5.74) is 0.934. The van der Waals surface area contributed by atoms with E-state index < -0.39 is 41.6 Å². The first-order valence-electron chi connectivity index (χ1n) is 15.7. The van der Waals surface area contributed by atoms with Crippen LogP contribution in [0.4, 0.5) is 10.5 Å². The van der Waals surface area contributed by atoms with Gasteiger partial charge in [-0.3, -0.25) is 14.9 Å². The number of halogens is 1. The minimum absolute atomic E-state index is 0.120. The van der Waals surface area contributed by atoms with Crippen LogP contribution in [-0.4, -0.2) is 59.8 Å². The predicted molar refractivity (Wildman–Crippen MR) is 169 cm³/mol. The van der Waals surface area contributed by atoms with Gasteiger partial charge in [-0.2, -0.15) is 0 Å². The minimum atomic E-state index is -1.53. The highest BCUT2D eigenvalue weighted by Crippen LogP contribution is 2.49. The number of allylic oxidation sites excluding steroid dienone is 3. The fourth-order valence-corrected chi connectivity index (χ4v) is 6.52. The van der Waals surface area contributed by atoms with Crippen LogP contribution < -0.4 is 10.2 Å². The van der Waals surface area contributed by atoms with E-state index in [-0.39, 0.29) is 37.1 Å². The molecule has 0 unspecified atom stereocenters. The number of rotatable bonds is 5. The Kier molecular flexibility index (Phi) is 10.5. The Morgan fingerprint density at radius 3 is 2.66 bits per heavy atom. The van der Waals surface area contributed by atoms with Crippen LogP contribution in [0.3, 0.4) is 0 Å². The van der Waals surface area contributed by atoms with Gasteiger partial charge in [0.15, 0.2) is 0 Å². The number of amides is 2. The van der Waals surface area contributed by atoms with Crippen LogP contribution in [0.15, 0.2) is 35.9 Å². The van der Waals surface area contributed by atoms with E-state index in [1.807, 2.05) is 65.0 Å². The number of benzene rings is 1. The maximum absolute atomic E-state index is 13.8. The van der Waals surface area contributed by atoms with E-state index in [4.69, 9.17) is 25.8 Å². The predicted octanol–water partition coefficient (Wildman–Crippen LogP) is 6.17. The molecule has 9 nitrogen and oxygen atoms in total. The van der Waals surface area contributed by atoms with Gasteiger partial charge in [-0.1, -0.05) is 75.1 Å². The van der Waals surface area contributed by atoms with Crippen LogP contribution in [-0.2, 0) is 30.2 Å². The number of fused-ring (bicyclic) bond motifs is 5. The molecule has 242 valence electrons. The van der Waals surface area contributed by atoms with E-state index in [2.05, 4.69) is 12.2 Å². The van der Waals surface area contributed by atoms with Crippen molar-refractivity contribution >= 4 is 35.3 Å². The Bertz CT molecular complexity index is 1330. The zero-order valence-corrected chi connectivity index (χ0v) is 27.7. The maximum atomic E-state index is 13.8. The van der Waals surface area contributed by atoms with Crippen molar-refractivity contribution in [2.24, 2.45) is 11.8 Å². The third kappa shape index (κ3) is 7.49. The number of esters is 1. The van der Waals surface area contributed by atoms with E-state index in [1.54, 1.807) is 7.05 Å². The SMILES string of the molecule is CCCCCC(=O)O[C@H]1CC(=O)N(C)c2cc(cc(C)c2Cl)C/C(C)=C/C=C/[C@@H](C)[C@@]2(O)C[C@H](OC(=O)N2)[C@@H](C)[C@@H]2O[C@@]12C. The molecule has 1 aromatic rings. The van der Waals surface area contributed by atoms with Crippen LogP contribution in [0.5, 0.6) is 0 Å². The lowest BCUT2D eigenvalue weighted by Crippen LogP contribution is -2.60. The lowest BCUT2D eigenvalue weighted by Gasteiger charge is -2.41. The van der Waals surface area contributed by atoms with Crippen molar-refractivity contribution in [2.45, 2.75) is 116 Å². The van der Waals surface area contributed by atoms with Gasteiger partial charge >= 0.3 is 12.1 Å². The van der Waals surface area contributed by atoms with Crippen LogP contribution >= 0.6 is 11.6 Å². The summed E-state index contributed by atoms with van der Waals surface area (Å²) in [6.07, 6.45) is 6.40. The van der Waals surface area contributed by atoms with Crippen molar-refractivity contribution in [3.63, 3.8) is 0 Å². The second-order valence-corrected chi connectivity index (χ2v) is 13.4. The average Bonchev–Trinajstić information content (AvgIpc) is 3.65. The molecule has 0 aromatic heterocycles. The summed E-state index contributed by atoms with van der Waals surface area (Å²) >= 11 is 6.72. The number of anilines is 1. The molecule has 0 saturated carbocycles. The van der Waals surface area contributed by atoms with E-state index in [9.17, 15) is 19.5 Å². The molecule has 0 radical (unpaired) electrons. The molecule has 2 amide bonds. The number of carbonyl (C=O) groups excluding carboxylic acids is 3. The lowest BCUT2D eigenvalue weighted by atomic mass is 9.82. The Labute approximate surface area is 265 Å². The standard InChI is InChI=1S/C34H47ClN2O7/c1-8-9-10-14-29(39)43-27-18-28(38)37(7)25-17-24(16-21(3)30(25)35)15-20(2)12-11-13-22(4)34(41)19-26(42-32(40)36-34)23(5)31-33(27,6)44-31/h11-13,16-17,22-23,26-27,31,41H,8-10,14-15,18-19H2,1-7H3,(H,36,40)/b13-11+,20-12+/t22-,23-,26+,27+,31+,33+,34+/m1/s1. The van der Waals surface area contributed by atoms with Gasteiger partial charge in [0.05, 0.1) is 23.2 Å². The minimum Gasteiger partial charge on any atom is -0.459 e. The molecule has 7 atom stereocenters. The highest BCUT2D eigenvalue weighted by Gasteiger charge is 2.64. The monoisotopic (exact) mass is 630 g/mol. The number of nitrogens with zero attached hydrogens (tertiary/aromatic N) is 1. The molecule has 0 aliphatic carbocycles. The third-order valence-electron chi connectivity index (χ3n) is 9.35. The number of alkyl carbamates (subject to hydrolysis) is 1. The molecule has 44 heavy (non-hydrogen) atoms. The molecular formula is C34H47ClN2O7. The fraction of sp³-hybridized carbons (Fsp3) is 0.618. The van der Waals surface area contributed by atoms with E-state index in [1.165, 1.54) is 4.90 Å². The summed E-state index contributed by atoms with van der Waals surface area (Å²) in [4.78, 5) is 40.9. The molecular weight excluding hydrogens is 584 g/mol. The Hall–Kier alpha value is -2.88. The van der Waals surface area contributed by atoms with Crippen LogP contribution in [0.1, 0.15) is 84.3 Å². The molecule has 2 N–H and O–H groups in total. The van der Waals surface area contributed by atoms with E-state index in [0.29, 0.717) is 23.6 Å². The quantitative estimate of drug-likeness (QED) is 0.227. The van der Waals surface area contributed by atoms with Crippen molar-refractivity contribution in [3.05, 3.63) is 52.1 Å². The Morgan fingerprint density at radius 2 is 1.95 bits per heavy atom. The number of hydrogen-bond donors (Lipinski definition) is 2. The van der Waals surface area contributed by atoms with Crippen LogP contribution in [0.25, 0.3) is 0 Å². The number of aliphatic hydroxyl groups is 1. The first-order chi connectivity index (χ1) is 20.7. The van der Waals surface area contributed by atoms with Gasteiger partial charge in [-0.25, -0.2) is 4.79 Å². The van der Waals surface area contributed by atoms with Crippen molar-refractivity contribution in [2.75, 3.05) is 11.9 Å². The summed E-state index contributed by atoms with van der Waals surface area (Å²) in [5, 5.41) is 14.6. The molecule has 2 fully saturated rings. The Balaban J connectivity index is 1.73. The normalized spacial score (nSPS) is 34.6. The number of aryl methyl sites for hydroxylation is 1. The number of nitrogens with one attached hydrogen (secondary N) is 1. The molecule has 3 heterocycles. The molecule has 3 aliphatic heterocycles. The van der Waals surface area contributed by atoms with Gasteiger partial charge in [0.2, 0.25) is 5.91 Å². The molecule has 3 aliphatic rings. The number of epoxide rings is 1. The second-order valence-electron chi connectivity index (χ2n) is 13.0. The van der Waals surface area contributed by atoms with Crippen molar-refractivity contribution < 1.29 is 33.7 Å². The van der Waals surface area contributed by atoms with Crippen molar-refractivity contribution in [1.29, 1.82) is 0 Å². The van der Waals surface area contributed by atoms with Gasteiger partial charge < -0.3 is 24.2 Å². The van der Waals surface area contributed by atoms with Gasteiger partial charge in [0, 0.05) is 31.7 Å². The summed E-state index contributed by atoms with van der Waals surface area (Å²) in [6, 6.07) is 3.92. The van der Waals surface area contributed by atoms with Crippen LogP contribution in [0, 0.1) is 18.8 Å². The molecule has 4 bridgehead atoms. The third-order valence-corrected chi connectivity index (χ3v) is 9.84. The maximum Gasteiger partial charge on any atom is 0.409 e. The number of hydrogen-bond acceptors (Lipinski definition) is 7. The first-order valence-corrected chi connectivity index (χ1v) is 16.0. The fourth-order valence-electron chi connectivity index (χ4n) is 6.28. The topological polar surface area (TPSA) is 118 Å². The highest BCUT2D eigenvalue weighted by atomic mass is 35.5. The zero-order chi connectivity index (χ0) is 32.4. The molecule has 4 rings (SSSR count). The largest absolute Gasteiger partial charge is 0.459 e. The van der Waals surface area contributed by atoms with Gasteiger partial charge in [-0.05, 0) is 50.8 Å². The summed E-state index contributed by atoms with van der Waals surface area (Å²) in [5.74, 6) is -1.44. The highest BCUT2D eigenvalue weighted by molar-refractivity contribution is 6.34. The summed E-state index contributed by atoms with van der Waals surface area (Å²) in [6.45, 7) is 11.5. The summed E-state index contributed by atoms with van der Waals surface area (Å²) in [7, 11) is 1.67. The lowest BCUT2D eigenvalue weighted by molar-refractivity contribution is -0.154. The van der Waals surface area contributed by atoms with Gasteiger partial charge in [-0.15, -0.1) is 0 Å². The van der Waals surface area contributed by atoms with Gasteiger partial charge in [0.1, 0.15) is 23.5 Å². The van der Waals surface area contributed by atoms with Crippen molar-refractivity contribution in [3.8, 4) is 0 Å². The van der Waals surface area contributed by atoms with E-state index >= 15 is 0 Å². The molecule has 1 aromatic carbocycles. The molecule has 2 saturated heterocycles. The summed E-state index contributed by atoms with van der Waals surface area (Å²) < 4.78 is 17.8. The molecule has 10 heteroatoms. The van der Waals surface area contributed by atoms with Gasteiger partial charge in [0.25, 0.3) is 0 Å². The number of ether oxygens (including phenoxy) is 3. The average molecular weight is 631 g/mol. The zero-order valence-electron chi connectivity index (χ0n) is 26.9. The number of unbranched alkanes of at least 4 members (excludes halogenated alkanes) is 2. The molecule has 0 spiro atoms. The second kappa shape index (κ2) is 13.6. The number of carbonyl (C=O) groups is 3. The Morgan fingerprint density at radius 1 is 1.23 bits per heavy atom.